The normalized spacial score (nSPS) is 29.0. The van der Waals surface area contributed by atoms with Crippen molar-refractivity contribution in [2.24, 2.45) is 5.92 Å². The second-order valence-electron chi connectivity index (χ2n) is 7.52. The van der Waals surface area contributed by atoms with Crippen molar-refractivity contribution in [1.29, 1.82) is 0 Å². The predicted molar refractivity (Wildman–Crippen MR) is 102 cm³/mol. The van der Waals surface area contributed by atoms with Gasteiger partial charge in [0.05, 0.1) is 18.2 Å². The number of carbonyl (C=O) groups excluding carboxylic acids is 2. The highest BCUT2D eigenvalue weighted by molar-refractivity contribution is 7.59. The molecule has 3 aliphatic heterocycles. The van der Waals surface area contributed by atoms with Crippen LogP contribution in [0.5, 0.6) is 5.75 Å². The zero-order valence-electron chi connectivity index (χ0n) is 15.3. The Bertz CT molecular complexity index is 716. The fraction of sp³-hybridized carbons (Fsp3) is 0.579. The number of hydrogen-bond acceptors (Lipinski definition) is 5. The summed E-state index contributed by atoms with van der Waals surface area (Å²) in [7, 11) is 0. The van der Waals surface area contributed by atoms with E-state index in [1.807, 2.05) is 11.8 Å². The van der Waals surface area contributed by atoms with Crippen LogP contribution in [-0.4, -0.2) is 46.8 Å². The minimum absolute atomic E-state index is 0. The van der Waals surface area contributed by atoms with Crippen molar-refractivity contribution in [2.45, 2.75) is 57.4 Å². The lowest BCUT2D eigenvalue weighted by atomic mass is 9.93. The van der Waals surface area contributed by atoms with Crippen LogP contribution in [-0.2, 0) is 16.1 Å². The zero-order chi connectivity index (χ0) is 18.3. The van der Waals surface area contributed by atoms with Crippen LogP contribution >= 0.6 is 13.5 Å². The summed E-state index contributed by atoms with van der Waals surface area (Å²) in [4.78, 5) is 26.7. The van der Waals surface area contributed by atoms with Crippen molar-refractivity contribution in [2.75, 3.05) is 6.61 Å². The van der Waals surface area contributed by atoms with Crippen molar-refractivity contribution in [3.8, 4) is 5.75 Å². The Morgan fingerprint density at radius 1 is 1.22 bits per heavy atom. The summed E-state index contributed by atoms with van der Waals surface area (Å²) in [5, 5.41) is 8.79. The van der Waals surface area contributed by atoms with Gasteiger partial charge in [0.15, 0.2) is 0 Å². The molecule has 1 aromatic carbocycles. The lowest BCUT2D eigenvalue weighted by Crippen LogP contribution is -2.45. The van der Waals surface area contributed by atoms with Crippen LogP contribution in [0.15, 0.2) is 18.2 Å². The molecule has 2 fully saturated rings. The standard InChI is InChI=1S/C19H24N2O5.H2S/c1-11-10-25-17-8-12(18(22)20-24)2-3-13(17)9-21(11)19(23)14-6-15-4-5-16(7-14)26-15;/h2-3,8,11,14-16,24H,4-7,9-10H2,1H3,(H,20,22);1H2/t11-,14?,15?,16?;/m0./s1. The Labute approximate surface area is 165 Å². The molecule has 8 heteroatoms. The van der Waals surface area contributed by atoms with Gasteiger partial charge < -0.3 is 14.4 Å². The van der Waals surface area contributed by atoms with Gasteiger partial charge in [-0.2, -0.15) is 13.5 Å². The molecular formula is C19H26N2O5S. The lowest BCUT2D eigenvalue weighted by Gasteiger charge is -2.34. The average molecular weight is 394 g/mol. The third kappa shape index (κ3) is 3.93. The van der Waals surface area contributed by atoms with E-state index >= 15 is 0 Å². The minimum atomic E-state index is -0.584. The zero-order valence-corrected chi connectivity index (χ0v) is 16.3. The van der Waals surface area contributed by atoms with Gasteiger partial charge in [-0.3, -0.25) is 14.8 Å². The Hall–Kier alpha value is -1.77. The summed E-state index contributed by atoms with van der Waals surface area (Å²) in [6.45, 7) is 2.82. The highest BCUT2D eigenvalue weighted by Gasteiger charge is 2.40. The Kier molecular flexibility index (Phi) is 5.98. The molecule has 0 aromatic heterocycles. The quantitative estimate of drug-likeness (QED) is 0.592. The van der Waals surface area contributed by atoms with E-state index in [-0.39, 0.29) is 43.6 Å². The van der Waals surface area contributed by atoms with E-state index in [1.54, 1.807) is 23.7 Å². The highest BCUT2D eigenvalue weighted by Crippen LogP contribution is 2.37. The first-order chi connectivity index (χ1) is 12.5. The monoisotopic (exact) mass is 394 g/mol. The van der Waals surface area contributed by atoms with Crippen LogP contribution in [0.25, 0.3) is 0 Å². The summed E-state index contributed by atoms with van der Waals surface area (Å²) in [6.07, 6.45) is 4.20. The summed E-state index contributed by atoms with van der Waals surface area (Å²) in [5.74, 6) is 0.190. The van der Waals surface area contributed by atoms with Gasteiger partial charge in [0.25, 0.3) is 5.91 Å². The molecule has 0 saturated carbocycles. The Morgan fingerprint density at radius 3 is 2.59 bits per heavy atom. The van der Waals surface area contributed by atoms with Crippen molar-refractivity contribution in [1.82, 2.24) is 10.4 Å². The number of rotatable bonds is 2. The van der Waals surface area contributed by atoms with Crippen LogP contribution in [0, 0.1) is 5.92 Å². The van der Waals surface area contributed by atoms with Gasteiger partial charge in [0.2, 0.25) is 5.91 Å². The van der Waals surface area contributed by atoms with E-state index in [0.717, 1.165) is 31.2 Å². The molecule has 3 atom stereocenters. The van der Waals surface area contributed by atoms with E-state index in [9.17, 15) is 9.59 Å². The maximum Gasteiger partial charge on any atom is 0.274 e. The van der Waals surface area contributed by atoms with E-state index < -0.39 is 5.91 Å². The molecule has 2 N–H and O–H groups in total. The summed E-state index contributed by atoms with van der Waals surface area (Å²) < 4.78 is 11.7. The molecule has 4 rings (SSSR count). The smallest absolute Gasteiger partial charge is 0.274 e. The molecule has 1 aromatic rings. The highest BCUT2D eigenvalue weighted by atomic mass is 32.1. The van der Waals surface area contributed by atoms with Crippen molar-refractivity contribution < 1.29 is 24.3 Å². The molecule has 27 heavy (non-hydrogen) atoms. The maximum absolute atomic E-state index is 13.2. The SMILES string of the molecule is C[C@H]1COc2cc(C(=O)NO)ccc2CN1C(=O)C1CC2CCC(C1)O2.S. The summed E-state index contributed by atoms with van der Waals surface area (Å²) in [6, 6.07) is 4.97. The van der Waals surface area contributed by atoms with Gasteiger partial charge in [0.1, 0.15) is 12.4 Å². The van der Waals surface area contributed by atoms with Crippen LogP contribution in [0.1, 0.15) is 48.5 Å². The molecule has 3 heterocycles. The number of fused-ring (bicyclic) bond motifs is 3. The largest absolute Gasteiger partial charge is 0.491 e. The molecule has 3 aliphatic rings. The third-order valence-corrected chi connectivity index (χ3v) is 5.71. The van der Waals surface area contributed by atoms with E-state index in [4.69, 9.17) is 14.7 Å². The number of nitrogens with zero attached hydrogens (tertiary/aromatic N) is 1. The maximum atomic E-state index is 13.2. The van der Waals surface area contributed by atoms with Gasteiger partial charge in [-0.1, -0.05) is 6.07 Å². The van der Waals surface area contributed by atoms with Gasteiger partial charge in [-0.25, -0.2) is 5.48 Å². The second kappa shape index (κ2) is 8.08. The number of carbonyl (C=O) groups is 2. The fourth-order valence-electron chi connectivity index (χ4n) is 4.25. The minimum Gasteiger partial charge on any atom is -0.491 e. The van der Waals surface area contributed by atoms with Gasteiger partial charge in [0, 0.05) is 23.6 Å². The van der Waals surface area contributed by atoms with Crippen LogP contribution < -0.4 is 10.2 Å². The number of benzene rings is 1. The first kappa shape index (κ1) is 20.0. The van der Waals surface area contributed by atoms with Crippen molar-refractivity contribution >= 4 is 25.3 Å². The van der Waals surface area contributed by atoms with Gasteiger partial charge in [-0.05, 0) is 44.7 Å². The third-order valence-electron chi connectivity index (χ3n) is 5.71. The average Bonchev–Trinajstić information content (AvgIpc) is 2.90. The van der Waals surface area contributed by atoms with E-state index in [0.29, 0.717) is 24.5 Å². The summed E-state index contributed by atoms with van der Waals surface area (Å²) in [5.41, 5.74) is 2.81. The van der Waals surface area contributed by atoms with Gasteiger partial charge in [-0.15, -0.1) is 0 Å². The van der Waals surface area contributed by atoms with E-state index in [2.05, 4.69) is 0 Å². The molecule has 0 radical (unpaired) electrons. The molecule has 148 valence electrons. The first-order valence-electron chi connectivity index (χ1n) is 9.21. The number of hydroxylamine groups is 1. The van der Waals surface area contributed by atoms with Crippen molar-refractivity contribution in [3.63, 3.8) is 0 Å². The molecule has 0 aliphatic carbocycles. The molecule has 2 bridgehead atoms. The first-order valence-corrected chi connectivity index (χ1v) is 9.21. The molecule has 0 spiro atoms. The topological polar surface area (TPSA) is 88.1 Å². The van der Waals surface area contributed by atoms with Gasteiger partial charge >= 0.3 is 0 Å². The lowest BCUT2D eigenvalue weighted by molar-refractivity contribution is -0.144. The van der Waals surface area contributed by atoms with Crippen LogP contribution in [0.4, 0.5) is 0 Å². The van der Waals surface area contributed by atoms with Crippen molar-refractivity contribution in [3.05, 3.63) is 29.3 Å². The number of ether oxygens (including phenoxy) is 2. The van der Waals surface area contributed by atoms with Crippen LogP contribution in [0.3, 0.4) is 0 Å². The predicted octanol–water partition coefficient (Wildman–Crippen LogP) is 1.99. The fourth-order valence-corrected chi connectivity index (χ4v) is 4.25. The molecule has 2 saturated heterocycles. The van der Waals surface area contributed by atoms with Crippen LogP contribution in [0.2, 0.25) is 0 Å². The molecule has 2 unspecified atom stereocenters. The summed E-state index contributed by atoms with van der Waals surface area (Å²) >= 11 is 0. The molecule has 2 amide bonds. The Morgan fingerprint density at radius 2 is 1.93 bits per heavy atom. The number of nitrogens with one attached hydrogen (secondary N) is 1. The number of amides is 2. The van der Waals surface area contributed by atoms with E-state index in [1.165, 1.54) is 0 Å². The Balaban J connectivity index is 0.00000210. The number of hydrogen-bond donors (Lipinski definition) is 2. The molecule has 7 nitrogen and oxygen atoms in total. The molecular weight excluding hydrogens is 368 g/mol. The second-order valence-corrected chi connectivity index (χ2v) is 7.52.